The zero-order valence-corrected chi connectivity index (χ0v) is 12.9. The summed E-state index contributed by atoms with van der Waals surface area (Å²) in [7, 11) is 0. The van der Waals surface area contributed by atoms with Gasteiger partial charge in [-0.2, -0.15) is 0 Å². The lowest BCUT2D eigenvalue weighted by molar-refractivity contribution is -0.133. The van der Waals surface area contributed by atoms with Crippen molar-refractivity contribution in [2.75, 3.05) is 12.3 Å². The van der Waals surface area contributed by atoms with E-state index in [0.29, 0.717) is 18.4 Å². The first kappa shape index (κ1) is 14.4. The summed E-state index contributed by atoms with van der Waals surface area (Å²) in [5.41, 5.74) is 7.65. The van der Waals surface area contributed by atoms with E-state index in [9.17, 15) is 4.79 Å². The molecule has 2 aliphatic carbocycles. The first-order valence-corrected chi connectivity index (χ1v) is 8.28. The molecular formula is C18H26N2O. The van der Waals surface area contributed by atoms with E-state index in [-0.39, 0.29) is 0 Å². The van der Waals surface area contributed by atoms with Gasteiger partial charge < -0.3 is 10.6 Å². The molecular weight excluding hydrogens is 260 g/mol. The van der Waals surface area contributed by atoms with Crippen LogP contribution in [0.5, 0.6) is 0 Å². The number of hydrogen-bond donors (Lipinski definition) is 1. The molecule has 0 saturated heterocycles. The Labute approximate surface area is 127 Å². The third kappa shape index (κ3) is 3.22. The van der Waals surface area contributed by atoms with Crippen LogP contribution in [0.4, 0.5) is 5.69 Å². The minimum atomic E-state index is 0.326. The first-order valence-electron chi connectivity index (χ1n) is 8.28. The molecule has 3 atom stereocenters. The molecule has 2 N–H and O–H groups in total. The van der Waals surface area contributed by atoms with Gasteiger partial charge in [0.15, 0.2) is 0 Å². The van der Waals surface area contributed by atoms with E-state index in [0.717, 1.165) is 36.1 Å². The minimum Gasteiger partial charge on any atom is -0.399 e. The number of nitrogens with zero attached hydrogens (tertiary/aromatic N) is 1. The lowest BCUT2D eigenvalue weighted by Crippen LogP contribution is -2.32. The molecule has 114 valence electrons. The van der Waals surface area contributed by atoms with Crippen LogP contribution in [0, 0.1) is 17.8 Å². The quantitative estimate of drug-likeness (QED) is 0.843. The molecule has 3 rings (SSSR count). The van der Waals surface area contributed by atoms with E-state index in [2.05, 4.69) is 6.92 Å². The second-order valence-corrected chi connectivity index (χ2v) is 6.79. The van der Waals surface area contributed by atoms with Crippen molar-refractivity contribution in [3.8, 4) is 0 Å². The monoisotopic (exact) mass is 286 g/mol. The number of carbonyl (C=O) groups excluding carboxylic acids is 1. The number of carbonyl (C=O) groups is 1. The lowest BCUT2D eigenvalue weighted by Gasteiger charge is -2.26. The zero-order chi connectivity index (χ0) is 14.8. The van der Waals surface area contributed by atoms with Gasteiger partial charge >= 0.3 is 0 Å². The van der Waals surface area contributed by atoms with Crippen LogP contribution in [0.1, 0.15) is 44.6 Å². The van der Waals surface area contributed by atoms with E-state index in [1.807, 2.05) is 29.2 Å². The van der Waals surface area contributed by atoms with Gasteiger partial charge in [0.1, 0.15) is 0 Å². The maximum atomic E-state index is 12.6. The Morgan fingerprint density at radius 1 is 1.24 bits per heavy atom. The molecule has 2 bridgehead atoms. The van der Waals surface area contributed by atoms with Crippen molar-refractivity contribution in [2.24, 2.45) is 17.8 Å². The van der Waals surface area contributed by atoms with Crippen molar-refractivity contribution in [3.05, 3.63) is 29.8 Å². The summed E-state index contributed by atoms with van der Waals surface area (Å²) in [6.45, 7) is 3.55. The standard InChI is InChI=1S/C18H26N2O/c1-2-20(12-13-4-7-17(19)8-5-13)18(21)11-16-10-14-3-6-15(16)9-14/h4-5,7-8,14-16H,2-3,6,9-12,19H2,1H3. The van der Waals surface area contributed by atoms with Crippen LogP contribution in [0.2, 0.25) is 0 Å². The third-order valence-corrected chi connectivity index (χ3v) is 5.41. The molecule has 3 unspecified atom stereocenters. The van der Waals surface area contributed by atoms with E-state index < -0.39 is 0 Å². The number of nitrogen functional groups attached to an aromatic ring is 1. The summed E-state index contributed by atoms with van der Waals surface area (Å²) in [6.07, 6.45) is 6.17. The second kappa shape index (κ2) is 6.08. The van der Waals surface area contributed by atoms with Gasteiger partial charge in [-0.05, 0) is 61.6 Å². The van der Waals surface area contributed by atoms with E-state index in [1.165, 1.54) is 25.7 Å². The Morgan fingerprint density at radius 2 is 2.00 bits per heavy atom. The average molecular weight is 286 g/mol. The lowest BCUT2D eigenvalue weighted by atomic mass is 9.86. The highest BCUT2D eigenvalue weighted by Crippen LogP contribution is 2.49. The predicted molar refractivity (Wildman–Crippen MR) is 85.5 cm³/mol. The van der Waals surface area contributed by atoms with Gasteiger partial charge in [-0.15, -0.1) is 0 Å². The van der Waals surface area contributed by atoms with Crippen molar-refractivity contribution >= 4 is 11.6 Å². The Morgan fingerprint density at radius 3 is 2.57 bits per heavy atom. The largest absolute Gasteiger partial charge is 0.399 e. The van der Waals surface area contributed by atoms with Crippen molar-refractivity contribution in [1.82, 2.24) is 4.90 Å². The number of benzene rings is 1. The van der Waals surface area contributed by atoms with E-state index in [4.69, 9.17) is 5.73 Å². The molecule has 0 aromatic heterocycles. The Hall–Kier alpha value is -1.51. The van der Waals surface area contributed by atoms with E-state index in [1.54, 1.807) is 0 Å². The molecule has 0 spiro atoms. The molecule has 2 aliphatic rings. The van der Waals surface area contributed by atoms with Crippen LogP contribution in [0.3, 0.4) is 0 Å². The molecule has 0 heterocycles. The van der Waals surface area contributed by atoms with Gasteiger partial charge in [-0.1, -0.05) is 18.6 Å². The SMILES string of the molecule is CCN(Cc1ccc(N)cc1)C(=O)CC1CC2CCC1C2. The maximum Gasteiger partial charge on any atom is 0.223 e. The third-order valence-electron chi connectivity index (χ3n) is 5.41. The van der Waals surface area contributed by atoms with Gasteiger partial charge in [0.2, 0.25) is 5.91 Å². The van der Waals surface area contributed by atoms with Crippen LogP contribution in [0.15, 0.2) is 24.3 Å². The summed E-state index contributed by atoms with van der Waals surface area (Å²) >= 11 is 0. The molecule has 1 aromatic carbocycles. The topological polar surface area (TPSA) is 46.3 Å². The summed E-state index contributed by atoms with van der Waals surface area (Å²) in [4.78, 5) is 14.6. The average Bonchev–Trinajstić information content (AvgIpc) is 3.09. The fourth-order valence-electron chi connectivity index (χ4n) is 4.20. The van der Waals surface area contributed by atoms with Crippen LogP contribution in [-0.2, 0) is 11.3 Å². The fraction of sp³-hybridized carbons (Fsp3) is 0.611. The zero-order valence-electron chi connectivity index (χ0n) is 12.9. The van der Waals surface area contributed by atoms with Crippen LogP contribution >= 0.6 is 0 Å². The molecule has 3 heteroatoms. The van der Waals surface area contributed by atoms with Crippen LogP contribution in [0.25, 0.3) is 0 Å². The van der Waals surface area contributed by atoms with Crippen molar-refractivity contribution in [2.45, 2.75) is 45.6 Å². The number of fused-ring (bicyclic) bond motifs is 2. The smallest absolute Gasteiger partial charge is 0.223 e. The summed E-state index contributed by atoms with van der Waals surface area (Å²) < 4.78 is 0. The van der Waals surface area contributed by atoms with Crippen molar-refractivity contribution < 1.29 is 4.79 Å². The number of amides is 1. The van der Waals surface area contributed by atoms with Crippen LogP contribution < -0.4 is 5.73 Å². The molecule has 21 heavy (non-hydrogen) atoms. The highest BCUT2D eigenvalue weighted by atomic mass is 16.2. The molecule has 0 aliphatic heterocycles. The van der Waals surface area contributed by atoms with Crippen molar-refractivity contribution in [3.63, 3.8) is 0 Å². The van der Waals surface area contributed by atoms with Crippen molar-refractivity contribution in [1.29, 1.82) is 0 Å². The normalized spacial score (nSPS) is 27.0. The number of anilines is 1. The number of nitrogens with two attached hydrogens (primary N) is 1. The Bertz CT molecular complexity index is 496. The molecule has 2 fully saturated rings. The molecule has 1 amide bonds. The highest BCUT2D eigenvalue weighted by Gasteiger charge is 2.40. The first-order chi connectivity index (χ1) is 10.2. The van der Waals surface area contributed by atoms with Crippen LogP contribution in [-0.4, -0.2) is 17.4 Å². The number of rotatable bonds is 5. The van der Waals surface area contributed by atoms with Gasteiger partial charge in [-0.25, -0.2) is 0 Å². The maximum absolute atomic E-state index is 12.6. The summed E-state index contributed by atoms with van der Waals surface area (Å²) in [5, 5.41) is 0. The molecule has 2 saturated carbocycles. The highest BCUT2D eigenvalue weighted by molar-refractivity contribution is 5.76. The summed E-state index contributed by atoms with van der Waals surface area (Å²) in [5.74, 6) is 2.72. The second-order valence-electron chi connectivity index (χ2n) is 6.79. The van der Waals surface area contributed by atoms with E-state index >= 15 is 0 Å². The predicted octanol–water partition coefficient (Wildman–Crippen LogP) is 3.44. The Kier molecular flexibility index (Phi) is 4.18. The van der Waals surface area contributed by atoms with Gasteiger partial charge in [0.25, 0.3) is 0 Å². The molecule has 3 nitrogen and oxygen atoms in total. The molecule has 1 aromatic rings. The molecule has 0 radical (unpaired) electrons. The fourth-order valence-corrected chi connectivity index (χ4v) is 4.20. The number of hydrogen-bond acceptors (Lipinski definition) is 2. The minimum absolute atomic E-state index is 0.326. The Balaban J connectivity index is 1.57. The summed E-state index contributed by atoms with van der Waals surface area (Å²) in [6, 6.07) is 7.85. The van der Waals surface area contributed by atoms with Gasteiger partial charge in [0.05, 0.1) is 0 Å². The van der Waals surface area contributed by atoms with Gasteiger partial charge in [0, 0.05) is 25.2 Å². The van der Waals surface area contributed by atoms with Gasteiger partial charge in [-0.3, -0.25) is 4.79 Å².